The highest BCUT2D eigenvalue weighted by atomic mass is 32.2. The summed E-state index contributed by atoms with van der Waals surface area (Å²) in [6, 6.07) is 9.56. The lowest BCUT2D eigenvalue weighted by Gasteiger charge is -2.23. The van der Waals surface area contributed by atoms with Crippen molar-refractivity contribution in [1.82, 2.24) is 0 Å². The van der Waals surface area contributed by atoms with Crippen LogP contribution in [-0.2, 0) is 25.6 Å². The Morgan fingerprint density at radius 2 is 2.19 bits per heavy atom. The van der Waals surface area contributed by atoms with Crippen LogP contribution >= 0.6 is 0 Å². The molecule has 21 heavy (non-hydrogen) atoms. The fourth-order valence-electron chi connectivity index (χ4n) is 2.33. The average Bonchev–Trinajstić information content (AvgIpc) is 2.46. The first-order valence-electron chi connectivity index (χ1n) is 7.05. The lowest BCUT2D eigenvalue weighted by Crippen LogP contribution is -2.22. The molecular weight excluding hydrogens is 286 g/mol. The minimum Gasteiger partial charge on any atom is -0.353 e. The average molecular weight is 307 g/mol. The van der Waals surface area contributed by atoms with Gasteiger partial charge in [-0.2, -0.15) is 5.26 Å². The van der Waals surface area contributed by atoms with Crippen LogP contribution in [-0.4, -0.2) is 34.5 Å². The maximum absolute atomic E-state index is 12.3. The van der Waals surface area contributed by atoms with Gasteiger partial charge in [-0.05, 0) is 34.3 Å². The van der Waals surface area contributed by atoms with Crippen molar-refractivity contribution in [3.8, 4) is 6.07 Å². The molecule has 0 bridgehead atoms. The highest BCUT2D eigenvalue weighted by molar-refractivity contribution is 8.01. The molecule has 0 saturated carbocycles. The zero-order valence-electron chi connectivity index (χ0n) is 12.5. The predicted molar refractivity (Wildman–Crippen MR) is 84.5 cm³/mol. The number of nitriles is 1. The number of hydrogen-bond donors (Lipinski definition) is 0. The summed E-state index contributed by atoms with van der Waals surface area (Å²) in [4.78, 5) is 0.325. The van der Waals surface area contributed by atoms with E-state index >= 15 is 0 Å². The van der Waals surface area contributed by atoms with E-state index in [-0.39, 0.29) is 6.29 Å². The van der Waals surface area contributed by atoms with Gasteiger partial charge in [0.15, 0.2) is 6.29 Å². The Kier molecular flexibility index (Phi) is 5.40. The number of nitrogens with zero attached hydrogens (tertiary/aromatic N) is 1. The summed E-state index contributed by atoms with van der Waals surface area (Å²) in [5.74, 6) is 0. The lowest BCUT2D eigenvalue weighted by molar-refractivity contribution is -0.168. The van der Waals surface area contributed by atoms with Crippen molar-refractivity contribution in [3.63, 3.8) is 0 Å². The Labute approximate surface area is 126 Å². The molecule has 0 N–H and O–H groups in total. The highest BCUT2D eigenvalue weighted by Crippen LogP contribution is 2.18. The normalized spacial score (nSPS) is 19.0. The molecule has 5 heteroatoms. The van der Waals surface area contributed by atoms with Gasteiger partial charge >= 0.3 is 0 Å². The number of benzene rings is 1. The third-order valence-electron chi connectivity index (χ3n) is 3.42. The summed E-state index contributed by atoms with van der Waals surface area (Å²) < 4.78 is 23.6. The predicted octanol–water partition coefficient (Wildman–Crippen LogP) is 2.32. The maximum Gasteiger partial charge on any atom is 0.158 e. The van der Waals surface area contributed by atoms with E-state index < -0.39 is 9.52 Å². The summed E-state index contributed by atoms with van der Waals surface area (Å²) in [7, 11) is -2.31. The second-order valence-electron chi connectivity index (χ2n) is 5.44. The summed E-state index contributed by atoms with van der Waals surface area (Å²) in [6.07, 6.45) is 6.09. The summed E-state index contributed by atoms with van der Waals surface area (Å²) >= 11 is 0. The molecule has 0 spiro atoms. The third kappa shape index (κ3) is 4.31. The van der Waals surface area contributed by atoms with E-state index in [9.17, 15) is 9.47 Å². The van der Waals surface area contributed by atoms with Gasteiger partial charge in [-0.15, -0.1) is 0 Å². The summed E-state index contributed by atoms with van der Waals surface area (Å²) in [5.41, 5.74) is 1.59. The topological polar surface area (TPSA) is 59.3 Å². The Morgan fingerprint density at radius 1 is 1.43 bits per heavy atom. The van der Waals surface area contributed by atoms with Crippen molar-refractivity contribution in [1.29, 1.82) is 5.26 Å². The van der Waals surface area contributed by atoms with E-state index in [4.69, 9.17) is 9.47 Å². The van der Waals surface area contributed by atoms with Crippen molar-refractivity contribution < 1.29 is 13.7 Å². The molecule has 1 aromatic rings. The molecular formula is C16H21NO3S. The molecule has 1 unspecified atom stereocenters. The van der Waals surface area contributed by atoms with Gasteiger partial charge in [0, 0.05) is 24.7 Å². The van der Waals surface area contributed by atoms with Crippen LogP contribution in [0.15, 0.2) is 24.3 Å². The van der Waals surface area contributed by atoms with E-state index in [1.165, 1.54) is 0 Å². The minimum atomic E-state index is -2.31. The van der Waals surface area contributed by atoms with E-state index in [2.05, 4.69) is 6.07 Å². The summed E-state index contributed by atoms with van der Waals surface area (Å²) in [6.45, 7) is 1.10. The maximum atomic E-state index is 12.3. The number of hydrogen-bond acceptors (Lipinski definition) is 4. The Balaban J connectivity index is 2.22. The largest absolute Gasteiger partial charge is 0.353 e. The van der Waals surface area contributed by atoms with E-state index in [0.717, 1.165) is 31.4 Å². The van der Waals surface area contributed by atoms with Gasteiger partial charge in [-0.3, -0.25) is 4.21 Å². The van der Waals surface area contributed by atoms with Crippen LogP contribution in [0.25, 0.3) is 0 Å². The van der Waals surface area contributed by atoms with Crippen LogP contribution in [0.3, 0.4) is 0 Å². The Bertz CT molecular complexity index is 640. The van der Waals surface area contributed by atoms with Gasteiger partial charge in [-0.1, -0.05) is 24.3 Å². The quantitative estimate of drug-likeness (QED) is 0.633. The molecule has 1 aliphatic rings. The van der Waals surface area contributed by atoms with Crippen molar-refractivity contribution >= 4 is 14.4 Å². The third-order valence-corrected chi connectivity index (χ3v) is 4.71. The Morgan fingerprint density at radius 3 is 2.81 bits per heavy atom. The highest BCUT2D eigenvalue weighted by Gasteiger charge is 2.17. The van der Waals surface area contributed by atoms with Gasteiger partial charge in [0.05, 0.1) is 6.61 Å². The van der Waals surface area contributed by atoms with Crippen LogP contribution < -0.4 is 0 Å². The molecule has 0 aliphatic carbocycles. The van der Waals surface area contributed by atoms with E-state index in [0.29, 0.717) is 17.0 Å². The molecule has 0 amide bonds. The molecule has 1 fully saturated rings. The fourth-order valence-corrected chi connectivity index (χ4v) is 3.28. The van der Waals surface area contributed by atoms with Crippen LogP contribution in [0, 0.1) is 11.3 Å². The van der Waals surface area contributed by atoms with Gasteiger partial charge in [0.2, 0.25) is 0 Å². The van der Waals surface area contributed by atoms with Crippen LogP contribution in [0.5, 0.6) is 0 Å². The smallest absolute Gasteiger partial charge is 0.158 e. The van der Waals surface area contributed by atoms with Gasteiger partial charge in [0.25, 0.3) is 0 Å². The molecule has 1 saturated heterocycles. The molecule has 1 aromatic carbocycles. The molecule has 114 valence electrons. The van der Waals surface area contributed by atoms with Crippen molar-refractivity contribution in [3.05, 3.63) is 35.4 Å². The second kappa shape index (κ2) is 7.08. The van der Waals surface area contributed by atoms with Crippen LogP contribution in [0.1, 0.15) is 30.4 Å². The fraction of sp³-hybridized carbons (Fsp3) is 0.500. The van der Waals surface area contributed by atoms with Gasteiger partial charge in [0.1, 0.15) is 10.9 Å². The van der Waals surface area contributed by atoms with Crippen molar-refractivity contribution in [2.24, 2.45) is 0 Å². The Hall–Kier alpha value is -1.35. The van der Waals surface area contributed by atoms with Gasteiger partial charge in [-0.25, -0.2) is 0 Å². The number of ether oxygens (including phenoxy) is 2. The molecule has 1 atom stereocenters. The molecule has 0 radical (unpaired) electrons. The minimum absolute atomic E-state index is 0.176. The molecule has 4 nitrogen and oxygen atoms in total. The van der Waals surface area contributed by atoms with Crippen LogP contribution in [0.4, 0.5) is 0 Å². The number of rotatable bonds is 4. The van der Waals surface area contributed by atoms with E-state index in [1.54, 1.807) is 12.5 Å². The van der Waals surface area contributed by atoms with E-state index in [1.807, 2.05) is 24.3 Å². The molecule has 2 rings (SSSR count). The zero-order chi connectivity index (χ0) is 15.3. The SMILES string of the molecule is CS(C)(=O)=C(C#N)c1ccccc1COC1CCCCO1. The summed E-state index contributed by atoms with van der Waals surface area (Å²) in [5, 5.41) is 9.32. The zero-order valence-corrected chi connectivity index (χ0v) is 13.3. The first-order chi connectivity index (χ1) is 10.0. The first-order valence-corrected chi connectivity index (χ1v) is 9.42. The monoisotopic (exact) mass is 307 g/mol. The second-order valence-corrected chi connectivity index (χ2v) is 8.31. The molecule has 1 aliphatic heterocycles. The van der Waals surface area contributed by atoms with Gasteiger partial charge < -0.3 is 9.47 Å². The van der Waals surface area contributed by atoms with Crippen molar-refractivity contribution in [2.75, 3.05) is 19.1 Å². The van der Waals surface area contributed by atoms with Crippen LogP contribution in [0.2, 0.25) is 0 Å². The molecule has 0 aromatic heterocycles. The lowest BCUT2D eigenvalue weighted by atomic mass is 10.1. The first kappa shape index (κ1) is 16.0. The molecule has 1 heterocycles. The van der Waals surface area contributed by atoms with Crippen molar-refractivity contribution in [2.45, 2.75) is 32.2 Å². The standard InChI is InChI=1S/C16H21NO3S/c1-21(2,18)15(11-17)14-8-4-3-7-13(14)12-20-16-9-5-6-10-19-16/h3-4,7-8,16H,5-6,9-10,12H2,1-2H3.